The Kier molecular flexibility index (Phi) is 5.45. The van der Waals surface area contributed by atoms with E-state index in [1.54, 1.807) is 6.92 Å². The lowest BCUT2D eigenvalue weighted by molar-refractivity contribution is -0.138. The summed E-state index contributed by atoms with van der Waals surface area (Å²) in [5, 5.41) is 2.80. The predicted octanol–water partition coefficient (Wildman–Crippen LogP) is 2.17. The van der Waals surface area contributed by atoms with Gasteiger partial charge in [0, 0.05) is 24.2 Å². The van der Waals surface area contributed by atoms with Gasteiger partial charge in [-0.25, -0.2) is 13.6 Å². The highest BCUT2D eigenvalue weighted by molar-refractivity contribution is 5.88. The molecule has 0 radical (unpaired) electrons. The van der Waals surface area contributed by atoms with Gasteiger partial charge in [0.25, 0.3) is 0 Å². The fraction of sp³-hybridized carbons (Fsp3) is 0.308. The van der Waals surface area contributed by atoms with Crippen LogP contribution in [-0.2, 0) is 16.1 Å². The van der Waals surface area contributed by atoms with Gasteiger partial charge in [0.2, 0.25) is 0 Å². The Balaban J connectivity index is 2.44. The summed E-state index contributed by atoms with van der Waals surface area (Å²) in [5.74, 6) is -1.49. The normalized spacial score (nSPS) is 10.2. The lowest BCUT2D eigenvalue weighted by atomic mass is 10.2. The Morgan fingerprint density at radius 1 is 1.44 bits per heavy atom. The van der Waals surface area contributed by atoms with Crippen molar-refractivity contribution in [3.05, 3.63) is 47.5 Å². The molecule has 1 aromatic carbocycles. The number of esters is 1. The summed E-state index contributed by atoms with van der Waals surface area (Å²) in [4.78, 5) is 11.2. The molecule has 0 saturated carbocycles. The van der Waals surface area contributed by atoms with Gasteiger partial charge >= 0.3 is 5.97 Å². The zero-order valence-corrected chi connectivity index (χ0v) is 10.1. The van der Waals surface area contributed by atoms with Crippen molar-refractivity contribution in [2.75, 3.05) is 13.2 Å². The van der Waals surface area contributed by atoms with Crippen molar-refractivity contribution >= 4 is 5.97 Å². The average Bonchev–Trinajstić information content (AvgIpc) is 2.33. The van der Waals surface area contributed by atoms with Crippen LogP contribution in [0.3, 0.4) is 0 Å². The van der Waals surface area contributed by atoms with Gasteiger partial charge in [0.05, 0.1) is 6.61 Å². The number of halogens is 2. The Bertz CT molecular complexity index is 447. The zero-order chi connectivity index (χ0) is 13.5. The first-order valence-electron chi connectivity index (χ1n) is 5.54. The van der Waals surface area contributed by atoms with E-state index in [1.807, 2.05) is 0 Å². The first-order valence-corrected chi connectivity index (χ1v) is 5.54. The largest absolute Gasteiger partial charge is 0.463 e. The molecule has 18 heavy (non-hydrogen) atoms. The van der Waals surface area contributed by atoms with Gasteiger partial charge in [-0.1, -0.05) is 6.58 Å². The van der Waals surface area contributed by atoms with Crippen molar-refractivity contribution in [1.82, 2.24) is 5.32 Å². The van der Waals surface area contributed by atoms with Crippen molar-refractivity contribution in [1.29, 1.82) is 0 Å². The van der Waals surface area contributed by atoms with Gasteiger partial charge in [0.15, 0.2) is 0 Å². The van der Waals surface area contributed by atoms with Crippen LogP contribution in [0.4, 0.5) is 8.78 Å². The van der Waals surface area contributed by atoms with E-state index >= 15 is 0 Å². The van der Waals surface area contributed by atoms with Gasteiger partial charge in [0.1, 0.15) is 11.6 Å². The number of nitrogens with one attached hydrogen (secondary N) is 1. The molecular weight excluding hydrogens is 240 g/mol. The summed E-state index contributed by atoms with van der Waals surface area (Å²) in [6, 6.07) is 3.22. The van der Waals surface area contributed by atoms with E-state index in [1.165, 1.54) is 0 Å². The third kappa shape index (κ3) is 4.25. The van der Waals surface area contributed by atoms with E-state index in [-0.39, 0.29) is 30.8 Å². The van der Waals surface area contributed by atoms with Crippen LogP contribution in [0.2, 0.25) is 0 Å². The second-order valence-corrected chi connectivity index (χ2v) is 3.66. The molecule has 5 heteroatoms. The van der Waals surface area contributed by atoms with Crippen LogP contribution in [0.25, 0.3) is 0 Å². The van der Waals surface area contributed by atoms with Crippen LogP contribution in [-0.4, -0.2) is 19.1 Å². The third-order valence-electron chi connectivity index (χ3n) is 2.23. The molecule has 0 saturated heterocycles. The molecule has 0 bridgehead atoms. The summed E-state index contributed by atoms with van der Waals surface area (Å²) in [7, 11) is 0. The minimum absolute atomic E-state index is 0.113. The minimum Gasteiger partial charge on any atom is -0.463 e. The van der Waals surface area contributed by atoms with E-state index in [0.29, 0.717) is 0 Å². The fourth-order valence-corrected chi connectivity index (χ4v) is 1.33. The lowest BCUT2D eigenvalue weighted by Gasteiger charge is -2.08. The van der Waals surface area contributed by atoms with E-state index in [9.17, 15) is 13.6 Å². The van der Waals surface area contributed by atoms with Crippen molar-refractivity contribution in [3.63, 3.8) is 0 Å². The first-order chi connectivity index (χ1) is 8.54. The third-order valence-corrected chi connectivity index (χ3v) is 2.23. The maximum absolute atomic E-state index is 13.3. The molecule has 0 aromatic heterocycles. The number of ether oxygens (including phenoxy) is 1. The van der Waals surface area contributed by atoms with Gasteiger partial charge in [-0.3, -0.25) is 0 Å². The Morgan fingerprint density at radius 3 is 2.83 bits per heavy atom. The predicted molar refractivity (Wildman–Crippen MR) is 63.8 cm³/mol. The summed E-state index contributed by atoms with van der Waals surface area (Å²) in [6.07, 6.45) is 0. The highest BCUT2D eigenvalue weighted by atomic mass is 19.1. The topological polar surface area (TPSA) is 38.3 Å². The molecule has 1 aromatic rings. The minimum atomic E-state index is -0.502. The second kappa shape index (κ2) is 6.86. The van der Waals surface area contributed by atoms with Crippen molar-refractivity contribution in [2.45, 2.75) is 13.5 Å². The summed E-state index contributed by atoms with van der Waals surface area (Å²) in [6.45, 7) is 5.78. The number of carbonyl (C=O) groups is 1. The Labute approximate surface area is 104 Å². The molecule has 0 atom stereocenters. The van der Waals surface area contributed by atoms with Crippen LogP contribution in [0.1, 0.15) is 12.5 Å². The Morgan fingerprint density at radius 2 is 2.17 bits per heavy atom. The van der Waals surface area contributed by atoms with Crippen molar-refractivity contribution in [3.8, 4) is 0 Å². The molecule has 0 aliphatic carbocycles. The van der Waals surface area contributed by atoms with Crippen LogP contribution >= 0.6 is 0 Å². The number of carbonyl (C=O) groups excluding carboxylic acids is 1. The number of rotatable bonds is 6. The molecule has 3 nitrogen and oxygen atoms in total. The lowest BCUT2D eigenvalue weighted by Crippen LogP contribution is -2.22. The van der Waals surface area contributed by atoms with Crippen LogP contribution < -0.4 is 5.32 Å². The van der Waals surface area contributed by atoms with Crippen molar-refractivity contribution in [2.24, 2.45) is 0 Å². The summed E-state index contributed by atoms with van der Waals surface area (Å²) >= 11 is 0. The Hall–Kier alpha value is -1.75. The second-order valence-electron chi connectivity index (χ2n) is 3.66. The van der Waals surface area contributed by atoms with Crippen LogP contribution in [0.5, 0.6) is 0 Å². The highest BCUT2D eigenvalue weighted by Crippen LogP contribution is 2.09. The molecule has 0 fully saturated rings. The maximum Gasteiger partial charge on any atom is 0.334 e. The smallest absolute Gasteiger partial charge is 0.334 e. The number of hydrogen-bond acceptors (Lipinski definition) is 3. The maximum atomic E-state index is 13.3. The molecule has 0 amide bonds. The highest BCUT2D eigenvalue weighted by Gasteiger charge is 2.08. The molecule has 1 rings (SSSR count). The molecule has 1 N–H and O–H groups in total. The van der Waals surface area contributed by atoms with E-state index in [4.69, 9.17) is 4.74 Å². The number of benzene rings is 1. The standard InChI is InChI=1S/C13H15F2NO2/c1-3-18-13(17)9(2)7-16-8-10-6-11(14)4-5-12(10)15/h4-6,16H,2-3,7-8H2,1H3. The summed E-state index contributed by atoms with van der Waals surface area (Å²) < 4.78 is 30.9. The quantitative estimate of drug-likeness (QED) is 0.625. The monoisotopic (exact) mass is 255 g/mol. The summed E-state index contributed by atoms with van der Waals surface area (Å²) in [5.41, 5.74) is 0.445. The number of hydrogen-bond donors (Lipinski definition) is 1. The SMILES string of the molecule is C=C(CNCc1cc(F)ccc1F)C(=O)OCC. The fourth-order valence-electron chi connectivity index (χ4n) is 1.33. The van der Waals surface area contributed by atoms with Gasteiger partial charge < -0.3 is 10.1 Å². The van der Waals surface area contributed by atoms with Crippen LogP contribution in [0, 0.1) is 11.6 Å². The van der Waals surface area contributed by atoms with E-state index in [0.717, 1.165) is 18.2 Å². The van der Waals surface area contributed by atoms with E-state index < -0.39 is 17.6 Å². The molecule has 0 spiro atoms. The molecule has 98 valence electrons. The van der Waals surface area contributed by atoms with Crippen molar-refractivity contribution < 1.29 is 18.3 Å². The molecule has 0 aliphatic rings. The molecule has 0 heterocycles. The van der Waals surface area contributed by atoms with Gasteiger partial charge in [-0.15, -0.1) is 0 Å². The first kappa shape index (κ1) is 14.3. The molecular formula is C13H15F2NO2. The van der Waals surface area contributed by atoms with Gasteiger partial charge in [-0.2, -0.15) is 0 Å². The van der Waals surface area contributed by atoms with E-state index in [2.05, 4.69) is 11.9 Å². The molecule has 0 aliphatic heterocycles. The molecule has 0 unspecified atom stereocenters. The zero-order valence-electron chi connectivity index (χ0n) is 10.1. The van der Waals surface area contributed by atoms with Crippen LogP contribution in [0.15, 0.2) is 30.4 Å². The average molecular weight is 255 g/mol. The van der Waals surface area contributed by atoms with Gasteiger partial charge in [-0.05, 0) is 25.1 Å².